The van der Waals surface area contributed by atoms with Crippen LogP contribution in [-0.4, -0.2) is 34.8 Å². The van der Waals surface area contributed by atoms with Gasteiger partial charge >= 0.3 is 0 Å². The molecule has 0 amide bonds. The van der Waals surface area contributed by atoms with Gasteiger partial charge in [-0.1, -0.05) is 36.1 Å². The summed E-state index contributed by atoms with van der Waals surface area (Å²) in [5, 5.41) is 9.62. The Morgan fingerprint density at radius 3 is 2.48 bits per heavy atom. The third-order valence-electron chi connectivity index (χ3n) is 3.93. The molecular formula is C21H22FNO2. The molecular weight excluding hydrogens is 317 g/mol. The van der Waals surface area contributed by atoms with E-state index < -0.39 is 5.60 Å². The molecule has 1 aliphatic heterocycles. The molecule has 0 radical (unpaired) electrons. The summed E-state index contributed by atoms with van der Waals surface area (Å²) in [6.07, 6.45) is 0.0359. The Labute approximate surface area is 148 Å². The third kappa shape index (κ3) is 5.06. The largest absolute Gasteiger partial charge is 0.485 e. The van der Waals surface area contributed by atoms with Crippen LogP contribution in [0.5, 0.6) is 5.75 Å². The number of aliphatic hydroxyl groups is 1. The molecule has 0 bridgehead atoms. The lowest BCUT2D eigenvalue weighted by atomic mass is 10.1. The number of halogens is 1. The molecule has 1 saturated heterocycles. The van der Waals surface area contributed by atoms with E-state index in [0.29, 0.717) is 5.75 Å². The molecule has 1 heterocycles. The minimum absolute atomic E-state index is 0.0359. The molecule has 2 aromatic rings. The zero-order valence-corrected chi connectivity index (χ0v) is 14.5. The van der Waals surface area contributed by atoms with Gasteiger partial charge in [0.25, 0.3) is 0 Å². The highest BCUT2D eigenvalue weighted by Gasteiger charge is 2.28. The number of hydrogen-bond acceptors (Lipinski definition) is 3. The molecule has 3 nitrogen and oxygen atoms in total. The normalized spacial score (nSPS) is 15.2. The van der Waals surface area contributed by atoms with Crippen molar-refractivity contribution < 1.29 is 14.2 Å². The predicted octanol–water partition coefficient (Wildman–Crippen LogP) is 3.21. The highest BCUT2D eigenvalue weighted by Crippen LogP contribution is 2.22. The molecule has 0 aliphatic carbocycles. The summed E-state index contributed by atoms with van der Waals surface area (Å²) >= 11 is 0. The molecule has 3 rings (SSSR count). The van der Waals surface area contributed by atoms with Gasteiger partial charge in [0, 0.05) is 25.2 Å². The van der Waals surface area contributed by atoms with Crippen LogP contribution in [0.2, 0.25) is 0 Å². The van der Waals surface area contributed by atoms with Crippen LogP contribution in [0.25, 0.3) is 0 Å². The molecule has 0 saturated carbocycles. The summed E-state index contributed by atoms with van der Waals surface area (Å²) in [5.74, 6) is 5.77. The number of nitrogens with zero attached hydrogens (tertiary/aromatic N) is 1. The molecule has 0 spiro atoms. The van der Waals surface area contributed by atoms with Gasteiger partial charge in [-0.15, -0.1) is 0 Å². The molecule has 1 fully saturated rings. The topological polar surface area (TPSA) is 32.7 Å². The van der Waals surface area contributed by atoms with Gasteiger partial charge in [-0.2, -0.15) is 0 Å². The van der Waals surface area contributed by atoms with Gasteiger partial charge < -0.3 is 9.84 Å². The van der Waals surface area contributed by atoms with E-state index in [0.717, 1.165) is 25.2 Å². The standard InChI is InChI=1S/C21H22FNO2/c1-21(2,24)12-11-16-7-9-17(10-8-16)13-23-14-18(15-23)25-20-6-4-3-5-19(20)22/h3-10,18,24H,13-15H2,1-2H3. The Balaban J connectivity index is 1.48. The van der Waals surface area contributed by atoms with Crippen LogP contribution in [0.1, 0.15) is 25.0 Å². The first-order valence-electron chi connectivity index (χ1n) is 8.37. The van der Waals surface area contributed by atoms with Gasteiger partial charge in [0.05, 0.1) is 0 Å². The van der Waals surface area contributed by atoms with E-state index in [1.165, 1.54) is 11.6 Å². The molecule has 1 aliphatic rings. The maximum Gasteiger partial charge on any atom is 0.165 e. The van der Waals surface area contributed by atoms with Gasteiger partial charge in [-0.25, -0.2) is 4.39 Å². The van der Waals surface area contributed by atoms with Crippen molar-refractivity contribution in [2.24, 2.45) is 0 Å². The van der Waals surface area contributed by atoms with Gasteiger partial charge in [-0.3, -0.25) is 4.90 Å². The fourth-order valence-corrected chi connectivity index (χ4v) is 2.62. The molecule has 25 heavy (non-hydrogen) atoms. The molecule has 0 atom stereocenters. The number of para-hydroxylation sites is 1. The number of rotatable bonds is 4. The van der Waals surface area contributed by atoms with Crippen molar-refractivity contribution in [1.82, 2.24) is 4.90 Å². The van der Waals surface area contributed by atoms with Crippen molar-refractivity contribution in [1.29, 1.82) is 0 Å². The summed E-state index contributed by atoms with van der Waals surface area (Å²) in [6, 6.07) is 14.5. The second-order valence-corrected chi connectivity index (χ2v) is 6.87. The first-order chi connectivity index (χ1) is 11.9. The van der Waals surface area contributed by atoms with Crippen molar-refractivity contribution in [3.05, 3.63) is 65.5 Å². The molecule has 0 aromatic heterocycles. The first kappa shape index (κ1) is 17.5. The van der Waals surface area contributed by atoms with Gasteiger partial charge in [0.2, 0.25) is 0 Å². The molecule has 4 heteroatoms. The van der Waals surface area contributed by atoms with Gasteiger partial charge in [0.1, 0.15) is 11.7 Å². The van der Waals surface area contributed by atoms with Crippen LogP contribution in [0.3, 0.4) is 0 Å². The Bertz CT molecular complexity index is 778. The maximum atomic E-state index is 13.6. The van der Waals surface area contributed by atoms with Crippen molar-refractivity contribution in [2.75, 3.05) is 13.1 Å². The average Bonchev–Trinajstić information content (AvgIpc) is 2.53. The van der Waals surface area contributed by atoms with Crippen molar-refractivity contribution in [2.45, 2.75) is 32.1 Å². The van der Waals surface area contributed by atoms with Crippen LogP contribution in [0.15, 0.2) is 48.5 Å². The predicted molar refractivity (Wildman–Crippen MR) is 95.7 cm³/mol. The summed E-state index contributed by atoms with van der Waals surface area (Å²) in [4.78, 5) is 2.25. The molecule has 0 unspecified atom stereocenters. The van der Waals surface area contributed by atoms with E-state index >= 15 is 0 Å². The monoisotopic (exact) mass is 339 g/mol. The Morgan fingerprint density at radius 2 is 1.84 bits per heavy atom. The van der Waals surface area contributed by atoms with E-state index in [9.17, 15) is 9.50 Å². The Morgan fingerprint density at radius 1 is 1.16 bits per heavy atom. The maximum absolute atomic E-state index is 13.6. The van der Waals surface area contributed by atoms with Crippen LogP contribution < -0.4 is 4.74 Å². The second-order valence-electron chi connectivity index (χ2n) is 6.87. The molecule has 130 valence electrons. The zero-order chi connectivity index (χ0) is 17.9. The Hall–Kier alpha value is -2.35. The van der Waals surface area contributed by atoms with E-state index in [1.54, 1.807) is 32.0 Å². The molecule has 2 aromatic carbocycles. The average molecular weight is 339 g/mol. The quantitative estimate of drug-likeness (QED) is 0.868. The number of ether oxygens (including phenoxy) is 1. The Kier molecular flexibility index (Phi) is 5.08. The van der Waals surface area contributed by atoms with E-state index in [1.807, 2.05) is 24.3 Å². The van der Waals surface area contributed by atoms with Crippen molar-refractivity contribution >= 4 is 0 Å². The zero-order valence-electron chi connectivity index (χ0n) is 14.5. The lowest BCUT2D eigenvalue weighted by Gasteiger charge is -2.39. The van der Waals surface area contributed by atoms with E-state index in [4.69, 9.17) is 4.74 Å². The second kappa shape index (κ2) is 7.26. The van der Waals surface area contributed by atoms with Crippen LogP contribution in [0.4, 0.5) is 4.39 Å². The van der Waals surface area contributed by atoms with E-state index in [2.05, 4.69) is 16.7 Å². The van der Waals surface area contributed by atoms with Crippen LogP contribution >= 0.6 is 0 Å². The van der Waals surface area contributed by atoms with Crippen molar-refractivity contribution in [3.8, 4) is 17.6 Å². The van der Waals surface area contributed by atoms with Gasteiger partial charge in [-0.05, 0) is 43.7 Å². The summed E-state index contributed by atoms with van der Waals surface area (Å²) in [7, 11) is 0. The fraction of sp³-hybridized carbons (Fsp3) is 0.333. The highest BCUT2D eigenvalue weighted by atomic mass is 19.1. The SMILES string of the molecule is CC(C)(O)C#Cc1ccc(CN2CC(Oc3ccccc3F)C2)cc1. The summed E-state index contributed by atoms with van der Waals surface area (Å²) in [5.41, 5.74) is 1.09. The number of likely N-dealkylation sites (tertiary alicyclic amines) is 1. The lowest BCUT2D eigenvalue weighted by Crippen LogP contribution is -2.53. The summed E-state index contributed by atoms with van der Waals surface area (Å²) < 4.78 is 19.2. The van der Waals surface area contributed by atoms with Crippen molar-refractivity contribution in [3.63, 3.8) is 0 Å². The highest BCUT2D eigenvalue weighted by molar-refractivity contribution is 5.37. The fourth-order valence-electron chi connectivity index (χ4n) is 2.62. The number of hydrogen-bond donors (Lipinski definition) is 1. The summed E-state index contributed by atoms with van der Waals surface area (Å²) in [6.45, 7) is 5.73. The smallest absolute Gasteiger partial charge is 0.165 e. The minimum atomic E-state index is -0.983. The third-order valence-corrected chi connectivity index (χ3v) is 3.93. The van der Waals surface area contributed by atoms with Crippen LogP contribution in [0, 0.1) is 17.7 Å². The minimum Gasteiger partial charge on any atom is -0.485 e. The lowest BCUT2D eigenvalue weighted by molar-refractivity contribution is 0.0123. The number of benzene rings is 2. The van der Waals surface area contributed by atoms with E-state index in [-0.39, 0.29) is 11.9 Å². The first-order valence-corrected chi connectivity index (χ1v) is 8.37. The van der Waals surface area contributed by atoms with Gasteiger partial charge in [0.15, 0.2) is 11.6 Å². The van der Waals surface area contributed by atoms with Crippen LogP contribution in [-0.2, 0) is 6.54 Å². The molecule has 1 N–H and O–H groups in total.